The molecule has 0 fully saturated rings. The molecular weight excluding hydrogens is 204 g/mol. The van der Waals surface area contributed by atoms with Crippen molar-refractivity contribution in [1.82, 2.24) is 0 Å². The van der Waals surface area contributed by atoms with Gasteiger partial charge in [-0.2, -0.15) is 0 Å². The molecule has 1 unspecified atom stereocenters. The summed E-state index contributed by atoms with van der Waals surface area (Å²) < 4.78 is 0. The normalized spacial score (nSPS) is 13.2. The van der Waals surface area contributed by atoms with Gasteiger partial charge in [0.1, 0.15) is 0 Å². The molecule has 1 atom stereocenters. The minimum absolute atomic E-state index is 0.834. The summed E-state index contributed by atoms with van der Waals surface area (Å²) in [5.74, 6) is 1.73. The van der Waals surface area contributed by atoms with Gasteiger partial charge in [-0.25, -0.2) is 0 Å². The molecule has 0 heteroatoms. The average Bonchev–Trinajstić information content (AvgIpc) is 2.33. The smallest absolute Gasteiger partial charge is 0.0326 e. The van der Waals surface area contributed by atoms with Crippen molar-refractivity contribution in [1.29, 1.82) is 0 Å². The van der Waals surface area contributed by atoms with Crippen molar-refractivity contribution in [2.24, 2.45) is 11.8 Å². The summed E-state index contributed by atoms with van der Waals surface area (Å²) in [5, 5.41) is 0. The van der Waals surface area contributed by atoms with Gasteiger partial charge in [-0.3, -0.25) is 0 Å². The van der Waals surface area contributed by atoms with Gasteiger partial charge in [0.2, 0.25) is 0 Å². The number of hydrogen-bond donors (Lipinski definition) is 0. The molecule has 0 aromatic heterocycles. The number of unbranched alkanes of at least 4 members (excludes halogenated alkanes) is 4. The Bertz CT molecular complexity index is 131. The summed E-state index contributed by atoms with van der Waals surface area (Å²) in [6.07, 6.45) is 16.6. The van der Waals surface area contributed by atoms with Crippen molar-refractivity contribution < 1.29 is 0 Å². The molecule has 0 heterocycles. The van der Waals surface area contributed by atoms with Gasteiger partial charge in [0.05, 0.1) is 0 Å². The number of hydrogen-bond acceptors (Lipinski definition) is 0. The highest BCUT2D eigenvalue weighted by Crippen LogP contribution is 2.25. The molecule has 0 amide bonds. The Hall–Kier alpha value is 0. The Kier molecular flexibility index (Phi) is 12.5. The van der Waals surface area contributed by atoms with E-state index in [0.29, 0.717) is 0 Å². The zero-order valence-electron chi connectivity index (χ0n) is 12.8. The van der Waals surface area contributed by atoms with Crippen LogP contribution in [-0.2, 0) is 0 Å². The van der Waals surface area contributed by atoms with Crippen LogP contribution in [0.1, 0.15) is 91.9 Å². The van der Waals surface area contributed by atoms with Gasteiger partial charge < -0.3 is 0 Å². The summed E-state index contributed by atoms with van der Waals surface area (Å²) in [6, 6.07) is 0. The van der Waals surface area contributed by atoms with Crippen molar-refractivity contribution in [2.45, 2.75) is 91.9 Å². The fourth-order valence-corrected chi connectivity index (χ4v) is 2.55. The maximum absolute atomic E-state index is 2.67. The molecule has 0 aromatic carbocycles. The Balaban J connectivity index is 3.76. The highest BCUT2D eigenvalue weighted by molar-refractivity contribution is 4.81. The zero-order chi connectivity index (χ0) is 12.9. The zero-order valence-corrected chi connectivity index (χ0v) is 12.8. The first-order valence-corrected chi connectivity index (χ1v) is 8.09. The molecule has 0 aliphatic rings. The first kappa shape index (κ1) is 17.0. The topological polar surface area (TPSA) is 0 Å². The van der Waals surface area contributed by atoms with E-state index in [4.69, 9.17) is 0 Å². The predicted molar refractivity (Wildman–Crippen MR) is 80.1 cm³/mol. The Morgan fingerprint density at radius 1 is 0.706 bits per heavy atom. The standard InChI is InChI=1S/C17H35/c1-5-8-11-12-16(4)15-17(13-9-6-2)14-10-7-3/h15-17H,5-14H2,1-4H3. The molecule has 0 saturated heterocycles. The van der Waals surface area contributed by atoms with Gasteiger partial charge >= 0.3 is 0 Å². The highest BCUT2D eigenvalue weighted by atomic mass is 14.2. The summed E-state index contributed by atoms with van der Waals surface area (Å²) in [7, 11) is 0. The molecule has 0 rings (SSSR count). The van der Waals surface area contributed by atoms with E-state index in [1.807, 2.05) is 0 Å². The van der Waals surface area contributed by atoms with Crippen molar-refractivity contribution in [3.05, 3.63) is 6.42 Å². The van der Waals surface area contributed by atoms with Crippen molar-refractivity contribution in [3.63, 3.8) is 0 Å². The second-order valence-electron chi connectivity index (χ2n) is 5.71. The minimum Gasteiger partial charge on any atom is -0.0654 e. The molecule has 0 N–H and O–H groups in total. The summed E-state index contributed by atoms with van der Waals surface area (Å²) in [6.45, 7) is 9.32. The lowest BCUT2D eigenvalue weighted by Crippen LogP contribution is -2.08. The van der Waals surface area contributed by atoms with E-state index >= 15 is 0 Å². The van der Waals surface area contributed by atoms with Gasteiger partial charge in [0.15, 0.2) is 0 Å². The Morgan fingerprint density at radius 2 is 1.24 bits per heavy atom. The second-order valence-corrected chi connectivity index (χ2v) is 5.71. The predicted octanol–water partition coefficient (Wildman–Crippen LogP) is 6.40. The third kappa shape index (κ3) is 10.9. The summed E-state index contributed by atoms with van der Waals surface area (Å²) in [4.78, 5) is 0. The molecule has 0 aliphatic carbocycles. The molecule has 17 heavy (non-hydrogen) atoms. The van der Waals surface area contributed by atoms with Gasteiger partial charge in [0.25, 0.3) is 0 Å². The van der Waals surface area contributed by atoms with E-state index in [2.05, 4.69) is 34.1 Å². The molecule has 0 aromatic rings. The first-order chi connectivity index (χ1) is 8.24. The van der Waals surface area contributed by atoms with Crippen LogP contribution in [-0.4, -0.2) is 0 Å². The van der Waals surface area contributed by atoms with Gasteiger partial charge in [0, 0.05) is 0 Å². The minimum atomic E-state index is 0.834. The van der Waals surface area contributed by atoms with E-state index in [-0.39, 0.29) is 0 Å². The second kappa shape index (κ2) is 12.5. The Morgan fingerprint density at radius 3 is 1.71 bits per heavy atom. The lowest BCUT2D eigenvalue weighted by atomic mass is 9.85. The van der Waals surface area contributed by atoms with Crippen LogP contribution in [0.15, 0.2) is 0 Å². The highest BCUT2D eigenvalue weighted by Gasteiger charge is 2.12. The molecular formula is C17H35. The van der Waals surface area contributed by atoms with Crippen LogP contribution in [0.25, 0.3) is 0 Å². The fraction of sp³-hybridized carbons (Fsp3) is 0.941. The van der Waals surface area contributed by atoms with Crippen LogP contribution in [0.2, 0.25) is 0 Å². The van der Waals surface area contributed by atoms with E-state index in [9.17, 15) is 0 Å². The van der Waals surface area contributed by atoms with E-state index < -0.39 is 0 Å². The van der Waals surface area contributed by atoms with Crippen LogP contribution in [0.5, 0.6) is 0 Å². The molecule has 0 bridgehead atoms. The van der Waals surface area contributed by atoms with Gasteiger partial charge in [-0.05, 0) is 18.3 Å². The Labute approximate surface area is 111 Å². The number of rotatable bonds is 12. The molecule has 0 nitrogen and oxygen atoms in total. The van der Waals surface area contributed by atoms with E-state index in [1.165, 1.54) is 64.2 Å². The lowest BCUT2D eigenvalue weighted by Gasteiger charge is -2.20. The maximum Gasteiger partial charge on any atom is -0.0326 e. The van der Waals surface area contributed by atoms with Crippen molar-refractivity contribution >= 4 is 0 Å². The monoisotopic (exact) mass is 239 g/mol. The molecule has 103 valence electrons. The van der Waals surface area contributed by atoms with Crippen LogP contribution in [0.3, 0.4) is 0 Å². The van der Waals surface area contributed by atoms with Crippen molar-refractivity contribution in [3.8, 4) is 0 Å². The molecule has 1 radical (unpaired) electrons. The van der Waals surface area contributed by atoms with Crippen LogP contribution in [0.4, 0.5) is 0 Å². The van der Waals surface area contributed by atoms with Gasteiger partial charge in [-0.1, -0.05) is 91.9 Å². The van der Waals surface area contributed by atoms with Crippen LogP contribution < -0.4 is 0 Å². The third-order valence-electron chi connectivity index (χ3n) is 3.72. The van der Waals surface area contributed by atoms with Crippen LogP contribution >= 0.6 is 0 Å². The maximum atomic E-state index is 2.67. The first-order valence-electron chi connectivity index (χ1n) is 8.09. The van der Waals surface area contributed by atoms with E-state index in [1.54, 1.807) is 0 Å². The van der Waals surface area contributed by atoms with Crippen molar-refractivity contribution in [2.75, 3.05) is 0 Å². The summed E-state index contributed by atoms with van der Waals surface area (Å²) in [5.41, 5.74) is 0. The third-order valence-corrected chi connectivity index (χ3v) is 3.72. The lowest BCUT2D eigenvalue weighted by molar-refractivity contribution is 0.409. The molecule has 0 spiro atoms. The van der Waals surface area contributed by atoms with Crippen LogP contribution in [0, 0.1) is 18.3 Å². The quantitative estimate of drug-likeness (QED) is 0.345. The average molecular weight is 239 g/mol. The van der Waals surface area contributed by atoms with E-state index in [0.717, 1.165) is 11.8 Å². The molecule has 0 aliphatic heterocycles. The van der Waals surface area contributed by atoms with Gasteiger partial charge in [-0.15, -0.1) is 0 Å². The largest absolute Gasteiger partial charge is 0.0654 e. The fourth-order valence-electron chi connectivity index (χ4n) is 2.55. The molecule has 0 saturated carbocycles. The SMILES string of the molecule is CCCCCC(C)[CH]C(CCCC)CCCC. The summed E-state index contributed by atoms with van der Waals surface area (Å²) >= 11 is 0.